The molecule has 0 aromatic rings. The fourth-order valence-electron chi connectivity index (χ4n) is 2.57. The van der Waals surface area contributed by atoms with E-state index in [2.05, 4.69) is 22.1 Å². The lowest BCUT2D eigenvalue weighted by Crippen LogP contribution is -2.47. The first-order valence-electron chi connectivity index (χ1n) is 9.02. The minimum atomic E-state index is 0. The zero-order valence-corrected chi connectivity index (χ0v) is 18.3. The van der Waals surface area contributed by atoms with Gasteiger partial charge in [-0.3, -0.25) is 4.99 Å². The molecule has 0 amide bonds. The van der Waals surface area contributed by atoms with Crippen molar-refractivity contribution < 1.29 is 18.9 Å². The van der Waals surface area contributed by atoms with E-state index in [0.717, 1.165) is 58.1 Å². The van der Waals surface area contributed by atoms with Crippen LogP contribution in [0.25, 0.3) is 0 Å². The summed E-state index contributed by atoms with van der Waals surface area (Å²) in [5.41, 5.74) is 0. The molecule has 7 nitrogen and oxygen atoms in total. The number of rotatable bonds is 12. The predicted octanol–water partition coefficient (Wildman–Crippen LogP) is 1.75. The van der Waals surface area contributed by atoms with Crippen LogP contribution in [0.2, 0.25) is 0 Å². The molecule has 150 valence electrons. The fourth-order valence-corrected chi connectivity index (χ4v) is 2.57. The van der Waals surface area contributed by atoms with E-state index in [0.29, 0.717) is 32.5 Å². The van der Waals surface area contributed by atoms with Crippen LogP contribution in [0.15, 0.2) is 4.99 Å². The van der Waals surface area contributed by atoms with Gasteiger partial charge >= 0.3 is 0 Å². The van der Waals surface area contributed by atoms with Gasteiger partial charge in [0, 0.05) is 47.1 Å². The van der Waals surface area contributed by atoms with Gasteiger partial charge in [0.25, 0.3) is 0 Å². The van der Waals surface area contributed by atoms with Crippen LogP contribution in [0, 0.1) is 0 Å². The summed E-state index contributed by atoms with van der Waals surface area (Å²) in [6.45, 7) is 9.00. The van der Waals surface area contributed by atoms with Crippen molar-refractivity contribution in [2.75, 3.05) is 73.4 Å². The van der Waals surface area contributed by atoms with Crippen molar-refractivity contribution >= 4 is 29.9 Å². The summed E-state index contributed by atoms with van der Waals surface area (Å²) in [4.78, 5) is 6.97. The molecule has 0 atom stereocenters. The van der Waals surface area contributed by atoms with Crippen molar-refractivity contribution in [1.29, 1.82) is 0 Å². The summed E-state index contributed by atoms with van der Waals surface area (Å²) in [6, 6.07) is 0. The molecule has 1 aliphatic rings. The number of hydrogen-bond acceptors (Lipinski definition) is 5. The number of methoxy groups -OCH3 is 2. The molecule has 0 spiro atoms. The highest BCUT2D eigenvalue weighted by Crippen LogP contribution is 2.14. The molecule has 0 bridgehead atoms. The summed E-state index contributed by atoms with van der Waals surface area (Å²) in [6.07, 6.45) is 3.41. The van der Waals surface area contributed by atoms with Crippen LogP contribution in [-0.4, -0.2) is 90.4 Å². The number of halogens is 1. The molecule has 0 aromatic heterocycles. The quantitative estimate of drug-likeness (QED) is 0.202. The van der Waals surface area contributed by atoms with Crippen LogP contribution in [0.3, 0.4) is 0 Å². The topological polar surface area (TPSA) is 64.6 Å². The molecule has 1 heterocycles. The van der Waals surface area contributed by atoms with Gasteiger partial charge in [0.1, 0.15) is 0 Å². The highest BCUT2D eigenvalue weighted by molar-refractivity contribution is 14.0. The first-order valence-corrected chi connectivity index (χ1v) is 9.02. The van der Waals surface area contributed by atoms with Crippen molar-refractivity contribution in [1.82, 2.24) is 10.2 Å². The maximum Gasteiger partial charge on any atom is 0.193 e. The first kappa shape index (κ1) is 24.8. The second-order valence-electron chi connectivity index (χ2n) is 5.74. The average molecular weight is 473 g/mol. The molecule has 1 N–H and O–H groups in total. The predicted molar refractivity (Wildman–Crippen MR) is 111 cm³/mol. The van der Waals surface area contributed by atoms with E-state index in [-0.39, 0.29) is 24.0 Å². The van der Waals surface area contributed by atoms with Gasteiger partial charge in [0.15, 0.2) is 5.96 Å². The molecule has 0 aliphatic carbocycles. The van der Waals surface area contributed by atoms with Gasteiger partial charge in [0.2, 0.25) is 0 Å². The Morgan fingerprint density at radius 3 is 2.40 bits per heavy atom. The van der Waals surface area contributed by atoms with Crippen LogP contribution in [0.1, 0.15) is 26.2 Å². The molecule has 1 rings (SSSR count). The van der Waals surface area contributed by atoms with Gasteiger partial charge < -0.3 is 29.2 Å². The van der Waals surface area contributed by atoms with E-state index in [1.54, 1.807) is 14.2 Å². The third kappa shape index (κ3) is 12.0. The number of nitrogens with zero attached hydrogens (tertiary/aromatic N) is 2. The Hall–Kier alpha value is -0.160. The van der Waals surface area contributed by atoms with E-state index in [1.807, 2.05) is 0 Å². The highest BCUT2D eigenvalue weighted by atomic mass is 127. The van der Waals surface area contributed by atoms with Crippen LogP contribution in [-0.2, 0) is 18.9 Å². The van der Waals surface area contributed by atoms with Crippen molar-refractivity contribution in [3.05, 3.63) is 0 Å². The molecular weight excluding hydrogens is 437 g/mol. The number of piperidine rings is 1. The molecule has 0 aromatic carbocycles. The van der Waals surface area contributed by atoms with Gasteiger partial charge in [-0.1, -0.05) is 0 Å². The zero-order chi connectivity index (χ0) is 17.5. The van der Waals surface area contributed by atoms with Gasteiger partial charge in [-0.05, 0) is 26.2 Å². The van der Waals surface area contributed by atoms with Crippen LogP contribution < -0.4 is 5.32 Å². The normalized spacial score (nSPS) is 16.0. The van der Waals surface area contributed by atoms with E-state index in [9.17, 15) is 0 Å². The smallest absolute Gasteiger partial charge is 0.193 e. The van der Waals surface area contributed by atoms with Gasteiger partial charge in [-0.25, -0.2) is 0 Å². The van der Waals surface area contributed by atoms with Gasteiger partial charge in [-0.15, -0.1) is 24.0 Å². The van der Waals surface area contributed by atoms with Crippen molar-refractivity contribution in [2.45, 2.75) is 32.3 Å². The average Bonchev–Trinajstić information content (AvgIpc) is 2.61. The Balaban J connectivity index is 0.00000576. The van der Waals surface area contributed by atoms with Gasteiger partial charge in [-0.2, -0.15) is 0 Å². The fraction of sp³-hybridized carbons (Fsp3) is 0.941. The Labute approximate surface area is 169 Å². The second-order valence-corrected chi connectivity index (χ2v) is 5.74. The largest absolute Gasteiger partial charge is 0.385 e. The second kappa shape index (κ2) is 17.3. The van der Waals surface area contributed by atoms with Crippen LogP contribution in [0.4, 0.5) is 0 Å². The van der Waals surface area contributed by atoms with E-state index in [1.165, 1.54) is 0 Å². The molecule has 1 saturated heterocycles. The molecular formula is C17H36IN3O4. The number of guanidine groups is 1. The van der Waals surface area contributed by atoms with E-state index < -0.39 is 0 Å². The van der Waals surface area contributed by atoms with Crippen LogP contribution in [0.5, 0.6) is 0 Å². The van der Waals surface area contributed by atoms with E-state index >= 15 is 0 Å². The summed E-state index contributed by atoms with van der Waals surface area (Å²) < 4.78 is 21.4. The molecule has 8 heteroatoms. The molecule has 0 saturated carbocycles. The molecule has 25 heavy (non-hydrogen) atoms. The minimum absolute atomic E-state index is 0. The Bertz CT molecular complexity index is 327. The lowest BCUT2D eigenvalue weighted by atomic mass is 10.1. The molecule has 0 radical (unpaired) electrons. The SMILES string of the molecule is CCNC(=NCCOCCOC)N1CCC(OCCCOC)CC1.I. The Morgan fingerprint density at radius 2 is 1.76 bits per heavy atom. The highest BCUT2D eigenvalue weighted by Gasteiger charge is 2.21. The summed E-state index contributed by atoms with van der Waals surface area (Å²) >= 11 is 0. The number of aliphatic imine (C=N–C) groups is 1. The maximum atomic E-state index is 5.91. The maximum absolute atomic E-state index is 5.91. The summed E-state index contributed by atoms with van der Waals surface area (Å²) in [5.74, 6) is 0.977. The lowest BCUT2D eigenvalue weighted by Gasteiger charge is -2.34. The zero-order valence-electron chi connectivity index (χ0n) is 16.0. The molecule has 1 aliphatic heterocycles. The summed E-state index contributed by atoms with van der Waals surface area (Å²) in [7, 11) is 3.40. The number of nitrogens with one attached hydrogen (secondary N) is 1. The standard InChI is InChI=1S/C17H35N3O4.HI/c1-4-18-17(19-8-13-23-15-14-22-3)20-9-6-16(7-10-20)24-12-5-11-21-2;/h16H,4-15H2,1-3H3,(H,18,19);1H. The minimum Gasteiger partial charge on any atom is -0.385 e. The van der Waals surface area contributed by atoms with E-state index in [4.69, 9.17) is 18.9 Å². The third-order valence-electron chi connectivity index (χ3n) is 3.85. The number of ether oxygens (including phenoxy) is 4. The molecule has 0 unspecified atom stereocenters. The number of likely N-dealkylation sites (tertiary alicyclic amines) is 1. The Morgan fingerprint density at radius 1 is 1.04 bits per heavy atom. The Kier molecular flexibility index (Phi) is 17.2. The van der Waals surface area contributed by atoms with Crippen LogP contribution >= 0.6 is 24.0 Å². The lowest BCUT2D eigenvalue weighted by molar-refractivity contribution is 0.00986. The monoisotopic (exact) mass is 473 g/mol. The van der Waals surface area contributed by atoms with Crippen molar-refractivity contribution in [2.24, 2.45) is 4.99 Å². The van der Waals surface area contributed by atoms with Gasteiger partial charge in [0.05, 0.1) is 32.5 Å². The van der Waals surface area contributed by atoms with Crippen molar-refractivity contribution in [3.63, 3.8) is 0 Å². The van der Waals surface area contributed by atoms with Crippen molar-refractivity contribution in [3.8, 4) is 0 Å². The third-order valence-corrected chi connectivity index (χ3v) is 3.85. The summed E-state index contributed by atoms with van der Waals surface area (Å²) in [5, 5.41) is 3.37. The number of hydrogen-bond donors (Lipinski definition) is 1. The first-order chi connectivity index (χ1) is 11.8. The molecule has 1 fully saturated rings.